The van der Waals surface area contributed by atoms with Crippen LogP contribution in [0.3, 0.4) is 0 Å². The lowest BCUT2D eigenvalue weighted by atomic mass is 10.2. The largest absolute Gasteiger partial charge is 0.340 e. The molecule has 7 heteroatoms. The molecule has 0 unspecified atom stereocenters. The number of benzene rings is 2. The van der Waals surface area contributed by atoms with Crippen molar-refractivity contribution in [3.63, 3.8) is 0 Å². The Balaban J connectivity index is 1.58. The van der Waals surface area contributed by atoms with Crippen LogP contribution in [0.2, 0.25) is 5.02 Å². The second-order valence-corrected chi connectivity index (χ2v) is 6.57. The molecule has 0 saturated carbocycles. The van der Waals surface area contributed by atoms with Gasteiger partial charge in [-0.3, -0.25) is 9.78 Å². The highest BCUT2D eigenvalue weighted by Crippen LogP contribution is 2.26. The average Bonchev–Trinajstić information content (AvgIpc) is 2.72. The molecule has 0 aliphatic heterocycles. The zero-order valence-corrected chi connectivity index (χ0v) is 15.7. The molecule has 4 aromatic rings. The van der Waals surface area contributed by atoms with E-state index in [1.54, 1.807) is 12.3 Å². The average molecular weight is 390 g/mol. The van der Waals surface area contributed by atoms with Gasteiger partial charge in [0.1, 0.15) is 17.8 Å². The fraction of sp³-hybridized carbons (Fsp3) is 0.0476. The summed E-state index contributed by atoms with van der Waals surface area (Å²) in [6, 6.07) is 16.6. The van der Waals surface area contributed by atoms with Gasteiger partial charge in [0.2, 0.25) is 0 Å². The maximum atomic E-state index is 12.7. The monoisotopic (exact) mass is 389 g/mol. The molecule has 0 saturated heterocycles. The highest BCUT2D eigenvalue weighted by atomic mass is 35.5. The Morgan fingerprint density at radius 2 is 1.75 bits per heavy atom. The summed E-state index contributed by atoms with van der Waals surface area (Å²) in [4.78, 5) is 25.3. The van der Waals surface area contributed by atoms with Gasteiger partial charge in [0.25, 0.3) is 5.91 Å². The molecule has 0 aliphatic carbocycles. The van der Waals surface area contributed by atoms with E-state index in [-0.39, 0.29) is 11.6 Å². The van der Waals surface area contributed by atoms with E-state index in [2.05, 4.69) is 25.6 Å². The molecule has 138 valence electrons. The van der Waals surface area contributed by atoms with Crippen LogP contribution in [0.4, 0.5) is 17.2 Å². The third-order valence-corrected chi connectivity index (χ3v) is 4.72. The van der Waals surface area contributed by atoms with Crippen molar-refractivity contribution in [2.45, 2.75) is 6.92 Å². The second kappa shape index (κ2) is 7.62. The topological polar surface area (TPSA) is 79.8 Å². The van der Waals surface area contributed by atoms with E-state index in [4.69, 9.17) is 11.6 Å². The van der Waals surface area contributed by atoms with Gasteiger partial charge in [0.15, 0.2) is 0 Å². The number of carbonyl (C=O) groups excluding carboxylic acids is 1. The second-order valence-electron chi connectivity index (χ2n) is 6.16. The summed E-state index contributed by atoms with van der Waals surface area (Å²) < 4.78 is 0. The Bertz CT molecular complexity index is 1170. The molecule has 2 N–H and O–H groups in total. The van der Waals surface area contributed by atoms with Crippen molar-refractivity contribution in [2.75, 3.05) is 10.6 Å². The number of carbonyl (C=O) groups is 1. The number of fused-ring (bicyclic) bond motifs is 1. The molecular formula is C21H16ClN5O. The van der Waals surface area contributed by atoms with E-state index >= 15 is 0 Å². The number of amides is 1. The molecule has 0 radical (unpaired) electrons. The van der Waals surface area contributed by atoms with Crippen LogP contribution in [0.1, 0.15) is 16.1 Å². The van der Waals surface area contributed by atoms with Crippen LogP contribution in [0.15, 0.2) is 67.1 Å². The minimum absolute atomic E-state index is 0.241. The van der Waals surface area contributed by atoms with E-state index in [1.165, 1.54) is 6.33 Å². The number of hydrogen-bond acceptors (Lipinski definition) is 5. The summed E-state index contributed by atoms with van der Waals surface area (Å²) in [5.41, 5.74) is 3.30. The van der Waals surface area contributed by atoms with E-state index in [0.717, 1.165) is 22.2 Å². The van der Waals surface area contributed by atoms with E-state index in [9.17, 15) is 4.79 Å². The molecule has 2 aromatic carbocycles. The van der Waals surface area contributed by atoms with Crippen molar-refractivity contribution in [3.05, 3.63) is 83.4 Å². The standard InChI is InChI=1S/C21H16ClN5O/c1-13-15(22)7-3-8-16(13)26-19-11-18(24-12-25-19)21(28)27-17-9-2-5-14-6-4-10-23-20(14)17/h2-12H,1H3,(H,27,28)(H,24,25,26). The number of para-hydroxylation sites is 1. The first kappa shape index (κ1) is 17.9. The number of pyridine rings is 1. The molecule has 2 aromatic heterocycles. The first-order chi connectivity index (χ1) is 13.6. The van der Waals surface area contributed by atoms with Crippen LogP contribution in [0, 0.1) is 6.92 Å². The molecule has 0 fully saturated rings. The molecule has 28 heavy (non-hydrogen) atoms. The van der Waals surface area contributed by atoms with Crippen molar-refractivity contribution < 1.29 is 4.79 Å². The maximum absolute atomic E-state index is 12.7. The van der Waals surface area contributed by atoms with Gasteiger partial charge < -0.3 is 10.6 Å². The Hall–Kier alpha value is -3.51. The van der Waals surface area contributed by atoms with Gasteiger partial charge >= 0.3 is 0 Å². The smallest absolute Gasteiger partial charge is 0.274 e. The van der Waals surface area contributed by atoms with Gasteiger partial charge in [-0.05, 0) is 36.8 Å². The molecule has 0 bridgehead atoms. The highest BCUT2D eigenvalue weighted by Gasteiger charge is 2.12. The molecule has 0 spiro atoms. The third-order valence-electron chi connectivity index (χ3n) is 4.31. The van der Waals surface area contributed by atoms with Crippen molar-refractivity contribution in [2.24, 2.45) is 0 Å². The summed E-state index contributed by atoms with van der Waals surface area (Å²) in [5, 5.41) is 7.65. The van der Waals surface area contributed by atoms with Crippen LogP contribution in [0.5, 0.6) is 0 Å². The third kappa shape index (κ3) is 3.63. The fourth-order valence-corrected chi connectivity index (χ4v) is 3.00. The van der Waals surface area contributed by atoms with Gasteiger partial charge in [-0.1, -0.05) is 35.9 Å². The predicted molar refractivity (Wildman–Crippen MR) is 111 cm³/mol. The van der Waals surface area contributed by atoms with Crippen molar-refractivity contribution in [1.29, 1.82) is 0 Å². The minimum atomic E-state index is -0.341. The van der Waals surface area contributed by atoms with Gasteiger partial charge in [0, 0.05) is 28.4 Å². The molecule has 0 aliphatic rings. The normalized spacial score (nSPS) is 10.6. The number of nitrogens with zero attached hydrogens (tertiary/aromatic N) is 3. The molecule has 0 atom stereocenters. The van der Waals surface area contributed by atoms with Crippen LogP contribution in [-0.2, 0) is 0 Å². The summed E-state index contributed by atoms with van der Waals surface area (Å²) in [6.07, 6.45) is 3.04. The number of aromatic nitrogens is 3. The van der Waals surface area contributed by atoms with Gasteiger partial charge in [0.05, 0.1) is 11.2 Å². The predicted octanol–water partition coefficient (Wildman–Crippen LogP) is 4.98. The van der Waals surface area contributed by atoms with Crippen molar-refractivity contribution in [3.8, 4) is 0 Å². The van der Waals surface area contributed by atoms with E-state index in [1.807, 2.05) is 55.5 Å². The Labute approximate surface area is 166 Å². The Kier molecular flexibility index (Phi) is 4.87. The van der Waals surface area contributed by atoms with Gasteiger partial charge in [-0.25, -0.2) is 9.97 Å². The first-order valence-electron chi connectivity index (χ1n) is 8.61. The quantitative estimate of drug-likeness (QED) is 0.514. The van der Waals surface area contributed by atoms with E-state index in [0.29, 0.717) is 16.5 Å². The lowest BCUT2D eigenvalue weighted by Crippen LogP contribution is -2.14. The van der Waals surface area contributed by atoms with Crippen LogP contribution < -0.4 is 10.6 Å². The zero-order chi connectivity index (χ0) is 19.5. The lowest BCUT2D eigenvalue weighted by molar-refractivity contribution is 0.102. The van der Waals surface area contributed by atoms with Gasteiger partial charge in [-0.15, -0.1) is 0 Å². The van der Waals surface area contributed by atoms with Crippen LogP contribution in [-0.4, -0.2) is 20.9 Å². The SMILES string of the molecule is Cc1c(Cl)cccc1Nc1cc(C(=O)Nc2cccc3cccnc23)ncn1. The summed E-state index contributed by atoms with van der Waals surface area (Å²) in [5.74, 6) is 0.160. The first-order valence-corrected chi connectivity index (χ1v) is 8.99. The number of nitrogens with one attached hydrogen (secondary N) is 2. The van der Waals surface area contributed by atoms with Crippen LogP contribution in [0.25, 0.3) is 10.9 Å². The summed E-state index contributed by atoms with van der Waals surface area (Å²) in [7, 11) is 0. The molecular weight excluding hydrogens is 374 g/mol. The Morgan fingerprint density at radius 1 is 0.964 bits per heavy atom. The molecule has 2 heterocycles. The van der Waals surface area contributed by atoms with Crippen molar-refractivity contribution in [1.82, 2.24) is 15.0 Å². The number of rotatable bonds is 4. The molecule has 1 amide bonds. The number of anilines is 3. The molecule has 6 nitrogen and oxygen atoms in total. The Morgan fingerprint density at radius 3 is 2.64 bits per heavy atom. The number of halogens is 1. The lowest BCUT2D eigenvalue weighted by Gasteiger charge is -2.11. The number of hydrogen-bond donors (Lipinski definition) is 2. The zero-order valence-electron chi connectivity index (χ0n) is 15.0. The van der Waals surface area contributed by atoms with Crippen molar-refractivity contribution >= 4 is 45.6 Å². The van der Waals surface area contributed by atoms with E-state index < -0.39 is 0 Å². The maximum Gasteiger partial charge on any atom is 0.274 e. The summed E-state index contributed by atoms with van der Waals surface area (Å²) >= 11 is 6.16. The highest BCUT2D eigenvalue weighted by molar-refractivity contribution is 6.31. The molecule has 4 rings (SSSR count). The summed E-state index contributed by atoms with van der Waals surface area (Å²) in [6.45, 7) is 1.91. The minimum Gasteiger partial charge on any atom is -0.340 e. The van der Waals surface area contributed by atoms with Crippen LogP contribution >= 0.6 is 11.6 Å². The fourth-order valence-electron chi connectivity index (χ4n) is 2.82. The van der Waals surface area contributed by atoms with Gasteiger partial charge in [-0.2, -0.15) is 0 Å².